The lowest BCUT2D eigenvalue weighted by atomic mass is 9.56. The molecule has 5 aliphatic rings. The van der Waals surface area contributed by atoms with E-state index < -0.39 is 45.2 Å². The van der Waals surface area contributed by atoms with Gasteiger partial charge in [0.05, 0.1) is 29.2 Å². The highest BCUT2D eigenvalue weighted by atomic mass is 79.9. The standard InChI is InChI=1S/C30H22Br2Cl2N2O6/c31-13-35-27(40)29(33)11-21-19(6-7-20-23(21)26(39)36(25(20)38)17-3-1-16(32)2-4-17)24(30(29,34)28(35)41)15-9-14-10-18(37)5-8-22(14)42-12-15/h1-6,8,10,12,20-21,23-24,37H,7,9,11,13H2/t20-,21+,23-,24-,29+,30-/m0/s1. The van der Waals surface area contributed by atoms with E-state index in [4.69, 9.17) is 27.9 Å². The molecule has 7 rings (SSSR count). The van der Waals surface area contributed by atoms with Crippen molar-refractivity contribution in [2.45, 2.75) is 29.0 Å². The van der Waals surface area contributed by atoms with E-state index in [-0.39, 0.29) is 42.3 Å². The Labute approximate surface area is 267 Å². The maximum atomic E-state index is 14.1. The highest BCUT2D eigenvalue weighted by Crippen LogP contribution is 2.65. The number of imide groups is 2. The van der Waals surface area contributed by atoms with Crippen LogP contribution in [0.1, 0.15) is 18.4 Å². The molecule has 1 saturated carbocycles. The molecule has 3 aliphatic heterocycles. The SMILES string of the molecule is O=C1[C@H]2[C@H](CC=C3[C@H](C4=COc5ccc(O)cc5C4)[C@]4(Cl)C(=O)N(CBr)C(=O)[C@]4(Cl)C[C@H]32)C(=O)N1c1ccc(Br)cc1. The second-order valence-corrected chi connectivity index (χ2v) is 13.9. The summed E-state index contributed by atoms with van der Waals surface area (Å²) < 4.78 is 6.73. The van der Waals surface area contributed by atoms with Gasteiger partial charge in [-0.25, -0.2) is 0 Å². The van der Waals surface area contributed by atoms with E-state index in [0.29, 0.717) is 28.1 Å². The molecule has 0 unspecified atom stereocenters. The number of hydrogen-bond acceptors (Lipinski definition) is 6. The van der Waals surface area contributed by atoms with Crippen molar-refractivity contribution in [3.05, 3.63) is 76.0 Å². The fourth-order valence-corrected chi connectivity index (χ4v) is 9.11. The van der Waals surface area contributed by atoms with Crippen LogP contribution < -0.4 is 9.64 Å². The summed E-state index contributed by atoms with van der Waals surface area (Å²) in [6.45, 7) is 0. The van der Waals surface area contributed by atoms with Gasteiger partial charge in [0.15, 0.2) is 9.75 Å². The van der Waals surface area contributed by atoms with E-state index in [1.54, 1.807) is 36.4 Å². The summed E-state index contributed by atoms with van der Waals surface area (Å²) in [4.78, 5) is 53.9. The van der Waals surface area contributed by atoms with Crippen LogP contribution >= 0.6 is 55.1 Å². The lowest BCUT2D eigenvalue weighted by Crippen LogP contribution is -2.61. The van der Waals surface area contributed by atoms with Crippen LogP contribution in [0.4, 0.5) is 5.69 Å². The maximum absolute atomic E-state index is 14.1. The molecule has 42 heavy (non-hydrogen) atoms. The number of likely N-dealkylation sites (tertiary alicyclic amines) is 1. The molecule has 1 N–H and O–H groups in total. The van der Waals surface area contributed by atoms with E-state index in [1.165, 1.54) is 17.2 Å². The molecule has 4 amide bonds. The molecule has 2 aromatic carbocycles. The first-order valence-corrected chi connectivity index (χ1v) is 16.0. The number of hydrogen-bond donors (Lipinski definition) is 1. The number of anilines is 1. The molecule has 0 aromatic heterocycles. The number of fused-ring (bicyclic) bond motifs is 5. The Morgan fingerprint density at radius 1 is 1.00 bits per heavy atom. The van der Waals surface area contributed by atoms with Gasteiger partial charge in [-0.2, -0.15) is 0 Å². The number of alkyl halides is 3. The van der Waals surface area contributed by atoms with Crippen LogP contribution in [0, 0.1) is 23.7 Å². The summed E-state index contributed by atoms with van der Waals surface area (Å²) in [5.41, 5.74) is 2.31. The van der Waals surface area contributed by atoms with E-state index >= 15 is 0 Å². The van der Waals surface area contributed by atoms with Crippen molar-refractivity contribution < 1.29 is 29.0 Å². The molecule has 12 heteroatoms. The smallest absolute Gasteiger partial charge is 0.254 e. The summed E-state index contributed by atoms with van der Waals surface area (Å²) in [5.74, 6) is -4.36. The molecule has 2 aliphatic carbocycles. The van der Waals surface area contributed by atoms with Crippen LogP contribution in [0.25, 0.3) is 0 Å². The number of carbonyl (C=O) groups is 4. The van der Waals surface area contributed by atoms with Crippen molar-refractivity contribution in [3.63, 3.8) is 0 Å². The number of allylic oxidation sites excluding steroid dienone is 3. The molecule has 2 aromatic rings. The molecule has 3 fully saturated rings. The Bertz CT molecular complexity index is 1660. The van der Waals surface area contributed by atoms with E-state index in [9.17, 15) is 24.3 Å². The predicted octanol–water partition coefficient (Wildman–Crippen LogP) is 5.42. The summed E-state index contributed by atoms with van der Waals surface area (Å²) in [6.07, 6.45) is 3.85. The average Bonchev–Trinajstić information content (AvgIpc) is 3.30. The number of rotatable bonds is 3. The molecule has 0 bridgehead atoms. The largest absolute Gasteiger partial charge is 0.508 e. The zero-order valence-corrected chi connectivity index (χ0v) is 26.4. The van der Waals surface area contributed by atoms with Gasteiger partial charge in [-0.3, -0.25) is 29.0 Å². The van der Waals surface area contributed by atoms with Gasteiger partial charge < -0.3 is 9.84 Å². The van der Waals surface area contributed by atoms with Gasteiger partial charge in [0.2, 0.25) is 11.8 Å². The van der Waals surface area contributed by atoms with E-state index in [1.807, 2.05) is 6.08 Å². The molecule has 216 valence electrons. The third-order valence-corrected chi connectivity index (χ3v) is 11.7. The molecule has 0 radical (unpaired) electrons. The Hall–Kier alpha value is -2.66. The molecule has 0 spiro atoms. The minimum absolute atomic E-state index is 0.0489. The summed E-state index contributed by atoms with van der Waals surface area (Å²) in [7, 11) is 0. The zero-order chi connectivity index (χ0) is 29.7. The van der Waals surface area contributed by atoms with Crippen molar-refractivity contribution in [2.24, 2.45) is 23.7 Å². The van der Waals surface area contributed by atoms with Crippen LogP contribution in [0.2, 0.25) is 0 Å². The quantitative estimate of drug-likeness (QED) is 0.196. The first-order chi connectivity index (χ1) is 20.0. The highest BCUT2D eigenvalue weighted by molar-refractivity contribution is 9.10. The van der Waals surface area contributed by atoms with Crippen LogP contribution in [-0.2, 0) is 25.6 Å². The Morgan fingerprint density at radius 3 is 2.45 bits per heavy atom. The lowest BCUT2D eigenvalue weighted by Gasteiger charge is -2.51. The Kier molecular flexibility index (Phi) is 6.48. The van der Waals surface area contributed by atoms with Gasteiger partial charge in [0.25, 0.3) is 11.8 Å². The second-order valence-electron chi connectivity index (χ2n) is 11.3. The fraction of sp³-hybridized carbons (Fsp3) is 0.333. The number of nitrogens with zero attached hydrogens (tertiary/aromatic N) is 2. The lowest BCUT2D eigenvalue weighted by molar-refractivity contribution is -0.138. The second kappa shape index (κ2) is 9.67. The van der Waals surface area contributed by atoms with Gasteiger partial charge in [-0.15, -0.1) is 23.2 Å². The molecular formula is C30H22Br2Cl2N2O6. The van der Waals surface area contributed by atoms with Gasteiger partial charge in [0, 0.05) is 22.4 Å². The number of amides is 4. The van der Waals surface area contributed by atoms with Gasteiger partial charge in [-0.1, -0.05) is 43.5 Å². The predicted molar refractivity (Wildman–Crippen MR) is 161 cm³/mol. The zero-order valence-electron chi connectivity index (χ0n) is 21.7. The molecule has 2 saturated heterocycles. The third-order valence-electron chi connectivity index (χ3n) is 9.25. The minimum Gasteiger partial charge on any atom is -0.508 e. The van der Waals surface area contributed by atoms with Crippen LogP contribution in [0.5, 0.6) is 11.5 Å². The van der Waals surface area contributed by atoms with Crippen molar-refractivity contribution in [2.75, 3.05) is 10.4 Å². The normalized spacial score (nSPS) is 33.4. The first-order valence-electron chi connectivity index (χ1n) is 13.3. The van der Waals surface area contributed by atoms with Crippen LogP contribution in [0.3, 0.4) is 0 Å². The van der Waals surface area contributed by atoms with Crippen molar-refractivity contribution in [1.82, 2.24) is 4.90 Å². The number of phenolic OH excluding ortho intramolecular Hbond substituents is 1. The summed E-state index contributed by atoms with van der Waals surface area (Å²) in [6, 6.07) is 11.7. The van der Waals surface area contributed by atoms with Gasteiger partial charge in [0.1, 0.15) is 11.5 Å². The monoisotopic (exact) mass is 734 g/mol. The molecule has 8 nitrogen and oxygen atoms in total. The number of carbonyl (C=O) groups excluding carboxylic acids is 4. The number of aromatic hydroxyl groups is 1. The Morgan fingerprint density at radius 2 is 1.74 bits per heavy atom. The number of benzene rings is 2. The molecular weight excluding hydrogens is 715 g/mol. The van der Waals surface area contributed by atoms with Crippen LogP contribution in [0.15, 0.2) is 70.4 Å². The first kappa shape index (κ1) is 28.1. The minimum atomic E-state index is -1.91. The summed E-state index contributed by atoms with van der Waals surface area (Å²) in [5, 5.41) is 10.1. The van der Waals surface area contributed by atoms with Gasteiger partial charge >= 0.3 is 0 Å². The Balaban J connectivity index is 1.36. The maximum Gasteiger partial charge on any atom is 0.254 e. The average molecular weight is 737 g/mol. The topological polar surface area (TPSA) is 104 Å². The third kappa shape index (κ3) is 3.64. The number of ether oxygens (including phenoxy) is 1. The van der Waals surface area contributed by atoms with Crippen molar-refractivity contribution in [1.29, 1.82) is 0 Å². The van der Waals surface area contributed by atoms with Gasteiger partial charge in [-0.05, 0) is 66.8 Å². The van der Waals surface area contributed by atoms with E-state index in [2.05, 4.69) is 31.9 Å². The van der Waals surface area contributed by atoms with Crippen molar-refractivity contribution >= 4 is 84.4 Å². The van der Waals surface area contributed by atoms with Crippen molar-refractivity contribution in [3.8, 4) is 11.5 Å². The highest BCUT2D eigenvalue weighted by Gasteiger charge is 2.76. The fourth-order valence-electron chi connectivity index (χ4n) is 7.41. The van der Waals surface area contributed by atoms with Crippen LogP contribution in [-0.4, -0.2) is 48.8 Å². The number of halogens is 4. The molecule has 6 atom stereocenters. The molecule has 3 heterocycles. The van der Waals surface area contributed by atoms with E-state index in [0.717, 1.165) is 9.37 Å². The summed E-state index contributed by atoms with van der Waals surface area (Å²) >= 11 is 21.2. The number of phenols is 1.